The number of nitrogens with zero attached hydrogens (tertiary/aromatic N) is 4. The van der Waals surface area contributed by atoms with Crippen LogP contribution in [0.5, 0.6) is 11.5 Å². The Labute approximate surface area is 165 Å². The lowest BCUT2D eigenvalue weighted by atomic mass is 10.2. The molecule has 0 aliphatic carbocycles. The second kappa shape index (κ2) is 7.77. The SMILES string of the molecule is C[C@H](Sc1nnc(-c2cccnc2)n1N)C(=O)Nc1ccc2c(c1)OCCO2. The summed E-state index contributed by atoms with van der Waals surface area (Å²) in [7, 11) is 0. The molecule has 3 aromatic rings. The van der Waals surface area contributed by atoms with E-state index in [1.54, 1.807) is 43.6 Å². The van der Waals surface area contributed by atoms with Gasteiger partial charge in [0.05, 0.1) is 5.25 Å². The molecule has 0 spiro atoms. The molecule has 2 aromatic heterocycles. The number of hydrogen-bond acceptors (Lipinski definition) is 8. The number of thioether (sulfide) groups is 1. The summed E-state index contributed by atoms with van der Waals surface area (Å²) >= 11 is 1.22. The van der Waals surface area contributed by atoms with Crippen LogP contribution in [-0.4, -0.2) is 44.2 Å². The zero-order valence-electron chi connectivity index (χ0n) is 15.0. The van der Waals surface area contributed by atoms with Crippen LogP contribution in [-0.2, 0) is 4.79 Å². The number of amides is 1. The van der Waals surface area contributed by atoms with Crippen molar-refractivity contribution in [1.82, 2.24) is 19.9 Å². The number of pyridine rings is 1. The van der Waals surface area contributed by atoms with E-state index in [4.69, 9.17) is 15.3 Å². The summed E-state index contributed by atoms with van der Waals surface area (Å²) < 4.78 is 12.4. The summed E-state index contributed by atoms with van der Waals surface area (Å²) in [5, 5.41) is 11.0. The van der Waals surface area contributed by atoms with Gasteiger partial charge in [0.2, 0.25) is 11.1 Å². The van der Waals surface area contributed by atoms with E-state index in [1.807, 2.05) is 6.07 Å². The molecule has 28 heavy (non-hydrogen) atoms. The molecule has 1 aliphatic heterocycles. The number of ether oxygens (including phenoxy) is 2. The summed E-state index contributed by atoms with van der Waals surface area (Å²) in [6, 6.07) is 8.93. The van der Waals surface area contributed by atoms with E-state index in [1.165, 1.54) is 16.4 Å². The van der Waals surface area contributed by atoms with Crippen LogP contribution in [0.1, 0.15) is 6.92 Å². The number of nitrogens with two attached hydrogens (primary N) is 1. The normalized spacial score (nSPS) is 13.8. The Morgan fingerprint density at radius 2 is 2.07 bits per heavy atom. The summed E-state index contributed by atoms with van der Waals surface area (Å²) in [5.41, 5.74) is 1.38. The van der Waals surface area contributed by atoms with Gasteiger partial charge in [0.15, 0.2) is 17.3 Å². The number of nitrogen functional groups attached to an aromatic ring is 1. The van der Waals surface area contributed by atoms with Crippen LogP contribution in [0.4, 0.5) is 5.69 Å². The van der Waals surface area contributed by atoms with Gasteiger partial charge in [-0.15, -0.1) is 10.2 Å². The van der Waals surface area contributed by atoms with Gasteiger partial charge in [0.1, 0.15) is 13.2 Å². The number of carbonyl (C=O) groups is 1. The topological polar surface area (TPSA) is 117 Å². The first-order valence-electron chi connectivity index (χ1n) is 8.60. The summed E-state index contributed by atoms with van der Waals surface area (Å²) in [4.78, 5) is 16.6. The van der Waals surface area contributed by atoms with Gasteiger partial charge in [-0.25, -0.2) is 4.68 Å². The molecule has 4 rings (SSSR count). The highest BCUT2D eigenvalue weighted by atomic mass is 32.2. The van der Waals surface area contributed by atoms with Crippen molar-refractivity contribution in [1.29, 1.82) is 0 Å². The molecule has 144 valence electrons. The van der Waals surface area contributed by atoms with Crippen molar-refractivity contribution in [2.24, 2.45) is 0 Å². The summed E-state index contributed by atoms with van der Waals surface area (Å²) in [6.07, 6.45) is 3.32. The quantitative estimate of drug-likeness (QED) is 0.495. The number of carbonyl (C=O) groups excluding carboxylic acids is 1. The van der Waals surface area contributed by atoms with Gasteiger partial charge < -0.3 is 20.6 Å². The molecule has 0 unspecified atom stereocenters. The minimum atomic E-state index is -0.443. The predicted octanol–water partition coefficient (Wildman–Crippen LogP) is 1.94. The summed E-state index contributed by atoms with van der Waals surface area (Å²) in [5.74, 6) is 7.68. The molecule has 0 radical (unpaired) electrons. The molecule has 0 bridgehead atoms. The number of benzene rings is 1. The number of hydrogen-bond donors (Lipinski definition) is 2. The third-order valence-corrected chi connectivity index (χ3v) is 5.10. The van der Waals surface area contributed by atoms with Crippen LogP contribution in [0.25, 0.3) is 11.4 Å². The van der Waals surface area contributed by atoms with Gasteiger partial charge >= 0.3 is 0 Å². The van der Waals surface area contributed by atoms with Crippen LogP contribution in [0.15, 0.2) is 47.9 Å². The number of rotatable bonds is 5. The fourth-order valence-electron chi connectivity index (χ4n) is 2.63. The average molecular weight is 398 g/mol. The minimum absolute atomic E-state index is 0.187. The van der Waals surface area contributed by atoms with Crippen LogP contribution in [0.3, 0.4) is 0 Å². The molecule has 0 fully saturated rings. The van der Waals surface area contributed by atoms with Crippen LogP contribution >= 0.6 is 11.8 Å². The Kier molecular flexibility index (Phi) is 5.02. The first-order valence-corrected chi connectivity index (χ1v) is 9.48. The van der Waals surface area contributed by atoms with E-state index in [9.17, 15) is 4.79 Å². The second-order valence-electron chi connectivity index (χ2n) is 6.03. The molecule has 10 heteroatoms. The van der Waals surface area contributed by atoms with Crippen LogP contribution in [0, 0.1) is 0 Å². The monoisotopic (exact) mass is 398 g/mol. The van der Waals surface area contributed by atoms with Crippen molar-refractivity contribution in [3.63, 3.8) is 0 Å². The minimum Gasteiger partial charge on any atom is -0.486 e. The highest BCUT2D eigenvalue weighted by Crippen LogP contribution is 2.33. The number of anilines is 1. The molecule has 0 saturated carbocycles. The number of aromatic nitrogens is 4. The van der Waals surface area contributed by atoms with Crippen LogP contribution in [0.2, 0.25) is 0 Å². The molecular formula is C18H18N6O3S. The second-order valence-corrected chi connectivity index (χ2v) is 7.33. The zero-order valence-corrected chi connectivity index (χ0v) is 15.8. The maximum Gasteiger partial charge on any atom is 0.237 e. The molecule has 3 N–H and O–H groups in total. The van der Waals surface area contributed by atoms with Crippen molar-refractivity contribution >= 4 is 23.4 Å². The number of nitrogens with one attached hydrogen (secondary N) is 1. The van der Waals surface area contributed by atoms with E-state index < -0.39 is 5.25 Å². The molecule has 0 saturated heterocycles. The summed E-state index contributed by atoms with van der Waals surface area (Å²) in [6.45, 7) is 2.78. The van der Waals surface area contributed by atoms with E-state index in [0.29, 0.717) is 41.4 Å². The maximum absolute atomic E-state index is 12.6. The highest BCUT2D eigenvalue weighted by molar-refractivity contribution is 8.00. The standard InChI is InChI=1S/C18H18N6O3S/c1-11(17(25)21-13-4-5-14-15(9-13)27-8-7-26-14)28-18-23-22-16(24(18)19)12-3-2-6-20-10-12/h2-6,9-11H,7-8,19H2,1H3,(H,21,25)/t11-/m0/s1. The Morgan fingerprint density at radius 1 is 1.25 bits per heavy atom. The smallest absolute Gasteiger partial charge is 0.237 e. The lowest BCUT2D eigenvalue weighted by Gasteiger charge is -2.19. The Hall–Kier alpha value is -3.27. The first-order chi connectivity index (χ1) is 13.6. The highest BCUT2D eigenvalue weighted by Gasteiger charge is 2.21. The molecule has 9 nitrogen and oxygen atoms in total. The molecule has 3 heterocycles. The lowest BCUT2D eigenvalue weighted by molar-refractivity contribution is -0.115. The van der Waals surface area contributed by atoms with Crippen molar-refractivity contribution < 1.29 is 14.3 Å². The Balaban J connectivity index is 1.43. The van der Waals surface area contributed by atoms with Crippen molar-refractivity contribution in [3.8, 4) is 22.9 Å². The van der Waals surface area contributed by atoms with E-state index in [0.717, 1.165) is 5.56 Å². The fraction of sp³-hybridized carbons (Fsp3) is 0.222. The van der Waals surface area contributed by atoms with Gasteiger partial charge in [0.25, 0.3) is 0 Å². The van der Waals surface area contributed by atoms with Crippen molar-refractivity contribution in [3.05, 3.63) is 42.7 Å². The Morgan fingerprint density at radius 3 is 2.86 bits per heavy atom. The maximum atomic E-state index is 12.6. The Bertz CT molecular complexity index is 994. The fourth-order valence-corrected chi connectivity index (χ4v) is 3.40. The van der Waals surface area contributed by atoms with Gasteiger partial charge in [-0.2, -0.15) is 0 Å². The predicted molar refractivity (Wildman–Crippen MR) is 105 cm³/mol. The van der Waals surface area contributed by atoms with Gasteiger partial charge in [-0.1, -0.05) is 11.8 Å². The largest absolute Gasteiger partial charge is 0.486 e. The average Bonchev–Trinajstić information content (AvgIpc) is 3.08. The zero-order chi connectivity index (χ0) is 19.5. The van der Waals surface area contributed by atoms with Gasteiger partial charge in [-0.05, 0) is 31.2 Å². The van der Waals surface area contributed by atoms with Crippen LogP contribution < -0.4 is 20.6 Å². The molecule has 1 aliphatic rings. The first kappa shape index (κ1) is 18.1. The number of fused-ring (bicyclic) bond motifs is 1. The molecule has 1 aromatic carbocycles. The molecule has 1 atom stereocenters. The van der Waals surface area contributed by atoms with E-state index >= 15 is 0 Å². The van der Waals surface area contributed by atoms with Gasteiger partial charge in [-0.3, -0.25) is 9.78 Å². The third kappa shape index (κ3) is 3.72. The molecule has 1 amide bonds. The van der Waals surface area contributed by atoms with E-state index in [-0.39, 0.29) is 5.91 Å². The lowest BCUT2D eigenvalue weighted by Crippen LogP contribution is -2.24. The third-order valence-electron chi connectivity index (χ3n) is 4.05. The van der Waals surface area contributed by atoms with Crippen molar-refractivity contribution in [2.75, 3.05) is 24.4 Å². The van der Waals surface area contributed by atoms with E-state index in [2.05, 4.69) is 20.5 Å². The van der Waals surface area contributed by atoms with Crippen molar-refractivity contribution in [2.45, 2.75) is 17.3 Å². The molecular weight excluding hydrogens is 380 g/mol. The van der Waals surface area contributed by atoms with Gasteiger partial charge in [0, 0.05) is 29.7 Å².